The minimum absolute atomic E-state index is 0.0493. The molecule has 0 saturated carbocycles. The van der Waals surface area contributed by atoms with E-state index in [2.05, 4.69) is 17.1 Å². The molecule has 0 aromatic carbocycles. The number of carbonyl (C=O) groups excluding carboxylic acids is 1. The average molecular weight is 241 g/mol. The molecule has 0 aliphatic carbocycles. The Kier molecular flexibility index (Phi) is 7.21. The molecule has 1 atom stereocenters. The molecule has 0 aromatic heterocycles. The van der Waals surface area contributed by atoms with Gasteiger partial charge in [0.15, 0.2) is 0 Å². The normalized spacial score (nSPS) is 19.8. The maximum Gasteiger partial charge on any atom is 0.234 e. The maximum atomic E-state index is 11.5. The summed E-state index contributed by atoms with van der Waals surface area (Å²) >= 11 is 0. The second kappa shape index (κ2) is 8.48. The highest BCUT2D eigenvalue weighted by Gasteiger charge is 2.23. The first-order valence-corrected chi connectivity index (χ1v) is 6.99. The molecule has 1 unspecified atom stereocenters. The van der Waals surface area contributed by atoms with E-state index in [1.54, 1.807) is 0 Å². The van der Waals surface area contributed by atoms with E-state index in [0.717, 1.165) is 45.4 Å². The molecule has 1 amide bonds. The van der Waals surface area contributed by atoms with Crippen molar-refractivity contribution >= 4 is 5.91 Å². The summed E-state index contributed by atoms with van der Waals surface area (Å²) in [6, 6.07) is -0.0493. The van der Waals surface area contributed by atoms with E-state index >= 15 is 0 Å². The highest BCUT2D eigenvalue weighted by molar-refractivity contribution is 5.79. The van der Waals surface area contributed by atoms with Crippen molar-refractivity contribution in [2.75, 3.05) is 26.2 Å². The van der Waals surface area contributed by atoms with Crippen molar-refractivity contribution in [1.29, 1.82) is 0 Å². The first-order chi connectivity index (χ1) is 8.25. The summed E-state index contributed by atoms with van der Waals surface area (Å²) in [4.78, 5) is 13.8. The van der Waals surface area contributed by atoms with Gasteiger partial charge in [-0.25, -0.2) is 0 Å². The molecular weight excluding hydrogens is 214 g/mol. The minimum atomic E-state index is -0.150. The molecule has 1 aliphatic heterocycles. The first kappa shape index (κ1) is 14.5. The van der Waals surface area contributed by atoms with Gasteiger partial charge >= 0.3 is 0 Å². The van der Waals surface area contributed by atoms with Gasteiger partial charge in [0.25, 0.3) is 0 Å². The minimum Gasteiger partial charge on any atom is -0.368 e. The van der Waals surface area contributed by atoms with Gasteiger partial charge in [0, 0.05) is 19.6 Å². The predicted octanol–water partition coefficient (Wildman–Crippen LogP) is 1.11. The fourth-order valence-corrected chi connectivity index (χ4v) is 2.45. The highest BCUT2D eigenvalue weighted by Crippen LogP contribution is 2.12. The third kappa shape index (κ3) is 5.50. The van der Waals surface area contributed by atoms with Gasteiger partial charge in [0.2, 0.25) is 5.91 Å². The van der Waals surface area contributed by atoms with Gasteiger partial charge in [-0.15, -0.1) is 0 Å². The third-order valence-electron chi connectivity index (χ3n) is 3.47. The Bertz CT molecular complexity index is 213. The highest BCUT2D eigenvalue weighted by atomic mass is 16.1. The second-order valence-electron chi connectivity index (χ2n) is 4.91. The average Bonchev–Trinajstić information content (AvgIpc) is 2.57. The number of primary amides is 1. The molecular formula is C13H27N3O. The van der Waals surface area contributed by atoms with Crippen LogP contribution in [0.5, 0.6) is 0 Å². The molecule has 17 heavy (non-hydrogen) atoms. The SMILES string of the molecule is CCCCCCC(C(N)=O)N1CCCNCC1. The van der Waals surface area contributed by atoms with E-state index < -0.39 is 0 Å². The van der Waals surface area contributed by atoms with E-state index in [0.29, 0.717) is 0 Å². The van der Waals surface area contributed by atoms with Crippen molar-refractivity contribution in [2.24, 2.45) is 5.73 Å². The smallest absolute Gasteiger partial charge is 0.234 e. The number of nitrogens with two attached hydrogens (primary N) is 1. The van der Waals surface area contributed by atoms with Crippen molar-refractivity contribution in [3.8, 4) is 0 Å². The van der Waals surface area contributed by atoms with Crippen LogP contribution in [0.4, 0.5) is 0 Å². The lowest BCUT2D eigenvalue weighted by Gasteiger charge is -2.27. The monoisotopic (exact) mass is 241 g/mol. The molecule has 4 heteroatoms. The zero-order valence-corrected chi connectivity index (χ0v) is 11.1. The summed E-state index contributed by atoms with van der Waals surface area (Å²) < 4.78 is 0. The zero-order chi connectivity index (χ0) is 12.5. The van der Waals surface area contributed by atoms with Crippen LogP contribution in [0, 0.1) is 0 Å². The fraction of sp³-hybridized carbons (Fsp3) is 0.923. The number of rotatable bonds is 7. The van der Waals surface area contributed by atoms with Gasteiger partial charge in [0.1, 0.15) is 0 Å². The number of nitrogens with zero attached hydrogens (tertiary/aromatic N) is 1. The Morgan fingerprint density at radius 2 is 2.12 bits per heavy atom. The summed E-state index contributed by atoms with van der Waals surface area (Å²) in [7, 11) is 0. The fourth-order valence-electron chi connectivity index (χ4n) is 2.45. The van der Waals surface area contributed by atoms with Gasteiger partial charge < -0.3 is 11.1 Å². The van der Waals surface area contributed by atoms with Gasteiger partial charge in [-0.05, 0) is 19.4 Å². The van der Waals surface area contributed by atoms with Gasteiger partial charge in [-0.1, -0.05) is 32.6 Å². The Morgan fingerprint density at radius 3 is 2.82 bits per heavy atom. The van der Waals surface area contributed by atoms with E-state index in [1.165, 1.54) is 19.3 Å². The van der Waals surface area contributed by atoms with E-state index in [4.69, 9.17) is 5.73 Å². The van der Waals surface area contributed by atoms with Gasteiger partial charge in [-0.2, -0.15) is 0 Å². The van der Waals surface area contributed by atoms with Crippen LogP contribution < -0.4 is 11.1 Å². The van der Waals surface area contributed by atoms with Crippen LogP contribution in [-0.4, -0.2) is 43.0 Å². The van der Waals surface area contributed by atoms with E-state index in [9.17, 15) is 4.79 Å². The molecule has 0 spiro atoms. The third-order valence-corrected chi connectivity index (χ3v) is 3.47. The number of hydrogen-bond acceptors (Lipinski definition) is 3. The van der Waals surface area contributed by atoms with Crippen LogP contribution in [-0.2, 0) is 4.79 Å². The van der Waals surface area contributed by atoms with E-state index in [-0.39, 0.29) is 11.9 Å². The van der Waals surface area contributed by atoms with Crippen molar-refractivity contribution in [2.45, 2.75) is 51.5 Å². The molecule has 100 valence electrons. The Morgan fingerprint density at radius 1 is 1.29 bits per heavy atom. The first-order valence-electron chi connectivity index (χ1n) is 6.99. The molecule has 0 aromatic rings. The number of amides is 1. The molecule has 1 saturated heterocycles. The van der Waals surface area contributed by atoms with Gasteiger partial charge in [-0.3, -0.25) is 9.69 Å². The summed E-state index contributed by atoms with van der Waals surface area (Å²) in [6.07, 6.45) is 6.85. The largest absolute Gasteiger partial charge is 0.368 e. The van der Waals surface area contributed by atoms with Crippen LogP contribution in [0.25, 0.3) is 0 Å². The number of carbonyl (C=O) groups is 1. The molecule has 1 fully saturated rings. The van der Waals surface area contributed by atoms with Crippen LogP contribution in [0.3, 0.4) is 0 Å². The van der Waals surface area contributed by atoms with Crippen LogP contribution >= 0.6 is 0 Å². The standard InChI is InChI=1S/C13H27N3O/c1-2-3-4-5-7-12(13(14)17)16-10-6-8-15-9-11-16/h12,15H,2-11H2,1H3,(H2,14,17). The van der Waals surface area contributed by atoms with Crippen LogP contribution in [0.15, 0.2) is 0 Å². The lowest BCUT2D eigenvalue weighted by atomic mass is 10.1. The predicted molar refractivity (Wildman–Crippen MR) is 70.8 cm³/mol. The molecule has 4 nitrogen and oxygen atoms in total. The van der Waals surface area contributed by atoms with Gasteiger partial charge in [0.05, 0.1) is 6.04 Å². The number of hydrogen-bond donors (Lipinski definition) is 2. The number of nitrogens with one attached hydrogen (secondary N) is 1. The molecule has 3 N–H and O–H groups in total. The summed E-state index contributed by atoms with van der Waals surface area (Å²) in [5.74, 6) is -0.150. The molecule has 0 bridgehead atoms. The Hall–Kier alpha value is -0.610. The second-order valence-corrected chi connectivity index (χ2v) is 4.91. The molecule has 1 aliphatic rings. The maximum absolute atomic E-state index is 11.5. The molecule has 0 radical (unpaired) electrons. The summed E-state index contributed by atoms with van der Waals surface area (Å²) in [5.41, 5.74) is 5.53. The molecule has 1 rings (SSSR count). The van der Waals surface area contributed by atoms with Crippen LogP contribution in [0.2, 0.25) is 0 Å². The Labute approximate surface area is 105 Å². The zero-order valence-electron chi connectivity index (χ0n) is 11.1. The van der Waals surface area contributed by atoms with Crippen molar-refractivity contribution in [3.63, 3.8) is 0 Å². The number of unbranched alkanes of at least 4 members (excludes halogenated alkanes) is 3. The quantitative estimate of drug-likeness (QED) is 0.656. The lowest BCUT2D eigenvalue weighted by Crippen LogP contribution is -2.46. The lowest BCUT2D eigenvalue weighted by molar-refractivity contribution is -0.123. The van der Waals surface area contributed by atoms with E-state index in [1.807, 2.05) is 0 Å². The summed E-state index contributed by atoms with van der Waals surface area (Å²) in [5, 5.41) is 3.35. The molecule has 1 heterocycles. The summed E-state index contributed by atoms with van der Waals surface area (Å²) in [6.45, 7) is 6.17. The van der Waals surface area contributed by atoms with Crippen molar-refractivity contribution in [1.82, 2.24) is 10.2 Å². The van der Waals surface area contributed by atoms with Crippen molar-refractivity contribution < 1.29 is 4.79 Å². The topological polar surface area (TPSA) is 58.4 Å². The van der Waals surface area contributed by atoms with Crippen molar-refractivity contribution in [3.05, 3.63) is 0 Å². The Balaban J connectivity index is 2.37. The van der Waals surface area contributed by atoms with Crippen LogP contribution in [0.1, 0.15) is 45.4 Å².